The highest BCUT2D eigenvalue weighted by Gasteiger charge is 2.27. The van der Waals surface area contributed by atoms with E-state index < -0.39 is 18.0 Å². The highest BCUT2D eigenvalue weighted by molar-refractivity contribution is 7.18. The Morgan fingerprint density at radius 3 is 2.38 bits per heavy atom. The molecule has 0 aliphatic rings. The number of para-hydroxylation sites is 2. The van der Waals surface area contributed by atoms with Crippen LogP contribution in [0.4, 0.5) is 0 Å². The summed E-state index contributed by atoms with van der Waals surface area (Å²) in [7, 11) is 0. The lowest BCUT2D eigenvalue weighted by Crippen LogP contribution is -2.51. The molecule has 2 atom stereocenters. The second kappa shape index (κ2) is 13.3. The van der Waals surface area contributed by atoms with Crippen LogP contribution in [0.5, 0.6) is 0 Å². The van der Waals surface area contributed by atoms with Gasteiger partial charge in [0.05, 0.1) is 39.2 Å². The molecule has 0 aliphatic heterocycles. The molecule has 7 N–H and O–H groups in total. The van der Waals surface area contributed by atoms with Gasteiger partial charge in [0.2, 0.25) is 11.8 Å². The number of ketones is 1. The van der Waals surface area contributed by atoms with Crippen LogP contribution >= 0.6 is 11.3 Å². The molecule has 4 aromatic rings. The van der Waals surface area contributed by atoms with Gasteiger partial charge in [-0.25, -0.2) is 4.98 Å². The zero-order valence-electron chi connectivity index (χ0n) is 21.6. The van der Waals surface area contributed by atoms with Crippen LogP contribution < -0.4 is 22.5 Å². The molecule has 11 heteroatoms. The second-order valence-corrected chi connectivity index (χ2v) is 10.4. The second-order valence-electron chi connectivity index (χ2n) is 9.29. The third kappa shape index (κ3) is 7.42. The number of hydrogen-bond donors (Lipinski definition) is 4. The van der Waals surface area contributed by atoms with E-state index in [0.717, 1.165) is 26.7 Å². The first-order valence-corrected chi connectivity index (χ1v) is 13.6. The molecule has 204 valence electrons. The van der Waals surface area contributed by atoms with Gasteiger partial charge in [-0.3, -0.25) is 19.4 Å². The molecular formula is C28H33N7O3S. The Kier molecular flexibility index (Phi) is 9.66. The van der Waals surface area contributed by atoms with Gasteiger partial charge in [-0.2, -0.15) is 0 Å². The van der Waals surface area contributed by atoms with Crippen LogP contribution in [0.25, 0.3) is 21.1 Å². The van der Waals surface area contributed by atoms with Crippen LogP contribution in [-0.4, -0.2) is 70.7 Å². The molecule has 0 bridgehead atoms. The minimum atomic E-state index is -1.14. The number of carbonyl (C=O) groups excluding carboxylic acids is 3. The maximum absolute atomic E-state index is 13.5. The van der Waals surface area contributed by atoms with Gasteiger partial charge in [-0.15, -0.1) is 11.3 Å². The SMILES string of the molecule is NCCN(CCN)C(=O)C[C@H](N)C(=O)N[C@@H](Cc1nc2ccccc2s1)C(=O)Cc1cnc2ccccc2c1. The van der Waals surface area contributed by atoms with Crippen LogP contribution in [0.2, 0.25) is 0 Å². The molecule has 0 aliphatic carbocycles. The van der Waals surface area contributed by atoms with Crippen LogP contribution in [0.3, 0.4) is 0 Å². The maximum Gasteiger partial charge on any atom is 0.238 e. The Labute approximate surface area is 230 Å². The van der Waals surface area contributed by atoms with Crippen molar-refractivity contribution >= 4 is 50.1 Å². The normalized spacial score (nSPS) is 12.8. The molecule has 10 nitrogen and oxygen atoms in total. The third-order valence-corrected chi connectivity index (χ3v) is 7.39. The van der Waals surface area contributed by atoms with Gasteiger partial charge in [0, 0.05) is 50.6 Å². The number of carbonyl (C=O) groups is 3. The Bertz CT molecular complexity index is 1420. The number of thiazole rings is 1. The van der Waals surface area contributed by atoms with Crippen molar-refractivity contribution < 1.29 is 14.4 Å². The summed E-state index contributed by atoms with van der Waals surface area (Å²) in [6.45, 7) is 1.19. The Hall–Kier alpha value is -3.77. The molecule has 0 radical (unpaired) electrons. The van der Waals surface area contributed by atoms with E-state index in [-0.39, 0.29) is 44.0 Å². The quantitative estimate of drug-likeness (QED) is 0.193. The number of pyridine rings is 1. The molecule has 2 heterocycles. The molecule has 0 saturated carbocycles. The standard InChI is InChI=1S/C28H33N7O3S/c29-9-11-35(12-10-30)27(37)15-20(31)28(38)34-23(16-26-33-22-7-3-4-8-25(22)39-26)24(36)14-18-13-19-5-1-2-6-21(19)32-17-18/h1-8,13,17,20,23H,9-12,14-16,29-31H2,(H,34,38)/t20-,23-/m0/s1. The van der Waals surface area contributed by atoms with Crippen molar-refractivity contribution in [3.8, 4) is 0 Å². The number of amides is 2. The largest absolute Gasteiger partial charge is 0.344 e. The minimum Gasteiger partial charge on any atom is -0.344 e. The molecule has 0 fully saturated rings. The zero-order valence-corrected chi connectivity index (χ0v) is 22.4. The van der Waals surface area contributed by atoms with Crippen molar-refractivity contribution in [2.24, 2.45) is 17.2 Å². The number of nitrogens with two attached hydrogens (primary N) is 3. The number of aromatic nitrogens is 2. The summed E-state index contributed by atoms with van der Waals surface area (Å²) >= 11 is 1.47. The Morgan fingerprint density at radius 2 is 1.67 bits per heavy atom. The highest BCUT2D eigenvalue weighted by atomic mass is 32.1. The van der Waals surface area contributed by atoms with Gasteiger partial charge in [-0.05, 0) is 29.8 Å². The molecule has 0 unspecified atom stereocenters. The van der Waals surface area contributed by atoms with Crippen molar-refractivity contribution in [1.29, 1.82) is 0 Å². The zero-order chi connectivity index (χ0) is 27.8. The van der Waals surface area contributed by atoms with Gasteiger partial charge >= 0.3 is 0 Å². The van der Waals surface area contributed by atoms with E-state index in [1.54, 1.807) is 6.20 Å². The summed E-state index contributed by atoms with van der Waals surface area (Å²) < 4.78 is 0.992. The summed E-state index contributed by atoms with van der Waals surface area (Å²) in [6, 6.07) is 15.3. The monoisotopic (exact) mass is 547 g/mol. The average molecular weight is 548 g/mol. The van der Waals surface area contributed by atoms with Gasteiger partial charge < -0.3 is 27.4 Å². The van der Waals surface area contributed by atoms with E-state index in [1.165, 1.54) is 16.2 Å². The molecular weight excluding hydrogens is 514 g/mol. The average Bonchev–Trinajstić information content (AvgIpc) is 3.35. The lowest BCUT2D eigenvalue weighted by Gasteiger charge is -2.24. The van der Waals surface area contributed by atoms with E-state index in [4.69, 9.17) is 17.2 Å². The molecule has 39 heavy (non-hydrogen) atoms. The van der Waals surface area contributed by atoms with E-state index in [9.17, 15) is 14.4 Å². The first-order valence-electron chi connectivity index (χ1n) is 12.8. The maximum atomic E-state index is 13.5. The summed E-state index contributed by atoms with van der Waals surface area (Å²) in [5.74, 6) is -1.10. The lowest BCUT2D eigenvalue weighted by molar-refractivity contribution is -0.134. The van der Waals surface area contributed by atoms with E-state index in [0.29, 0.717) is 18.1 Å². The number of rotatable bonds is 13. The van der Waals surface area contributed by atoms with Gasteiger partial charge in [-0.1, -0.05) is 30.3 Å². The Balaban J connectivity index is 1.50. The number of hydrogen-bond acceptors (Lipinski definition) is 9. The van der Waals surface area contributed by atoms with Crippen LogP contribution in [0.15, 0.2) is 60.8 Å². The number of nitrogens with one attached hydrogen (secondary N) is 1. The van der Waals surface area contributed by atoms with Crippen LogP contribution in [0, 0.1) is 0 Å². The number of nitrogens with zero attached hydrogens (tertiary/aromatic N) is 3. The molecule has 2 aromatic heterocycles. The molecule has 2 aromatic carbocycles. The smallest absolute Gasteiger partial charge is 0.238 e. The van der Waals surface area contributed by atoms with Crippen molar-refractivity contribution in [3.05, 3.63) is 71.4 Å². The molecule has 0 spiro atoms. The lowest BCUT2D eigenvalue weighted by atomic mass is 10.0. The molecule has 0 saturated heterocycles. The third-order valence-electron chi connectivity index (χ3n) is 6.33. The van der Waals surface area contributed by atoms with Crippen molar-refractivity contribution in [2.45, 2.75) is 31.3 Å². The van der Waals surface area contributed by atoms with Gasteiger partial charge in [0.15, 0.2) is 5.78 Å². The summed E-state index contributed by atoms with van der Waals surface area (Å²) in [5, 5.41) is 4.43. The van der Waals surface area contributed by atoms with Crippen molar-refractivity contribution in [3.63, 3.8) is 0 Å². The summed E-state index contributed by atoms with van der Waals surface area (Å²) in [4.78, 5) is 49.8. The first kappa shape index (κ1) is 28.2. The van der Waals surface area contributed by atoms with Crippen molar-refractivity contribution in [2.75, 3.05) is 26.2 Å². The first-order chi connectivity index (χ1) is 18.9. The number of fused-ring (bicyclic) bond motifs is 2. The predicted molar refractivity (Wildman–Crippen MR) is 153 cm³/mol. The Morgan fingerprint density at radius 1 is 0.974 bits per heavy atom. The van der Waals surface area contributed by atoms with Crippen molar-refractivity contribution in [1.82, 2.24) is 20.2 Å². The van der Waals surface area contributed by atoms with Crippen LogP contribution in [-0.2, 0) is 27.2 Å². The van der Waals surface area contributed by atoms with Crippen LogP contribution in [0.1, 0.15) is 17.0 Å². The van der Waals surface area contributed by atoms with E-state index in [1.807, 2.05) is 54.6 Å². The fourth-order valence-corrected chi connectivity index (χ4v) is 5.34. The number of benzene rings is 2. The summed E-state index contributed by atoms with van der Waals surface area (Å²) in [5.41, 5.74) is 19.7. The van der Waals surface area contributed by atoms with E-state index >= 15 is 0 Å². The fourth-order valence-electron chi connectivity index (χ4n) is 4.33. The topological polar surface area (TPSA) is 170 Å². The fraction of sp³-hybridized carbons (Fsp3) is 0.321. The molecule has 4 rings (SSSR count). The summed E-state index contributed by atoms with van der Waals surface area (Å²) in [6.07, 6.45) is 1.73. The van der Waals surface area contributed by atoms with Gasteiger partial charge in [0.25, 0.3) is 0 Å². The van der Waals surface area contributed by atoms with E-state index in [2.05, 4.69) is 15.3 Å². The van der Waals surface area contributed by atoms with Gasteiger partial charge in [0.1, 0.15) is 0 Å². The number of Topliss-reactive ketones (excluding diaryl/α,β-unsaturated/α-hetero) is 1. The molecule has 2 amide bonds. The highest BCUT2D eigenvalue weighted by Crippen LogP contribution is 2.23. The predicted octanol–water partition coefficient (Wildman–Crippen LogP) is 1.15. The minimum absolute atomic E-state index is 0.0720.